The molecule has 0 spiro atoms. The molecule has 4 heteroatoms. The molecule has 1 aromatic carbocycles. The third-order valence-corrected chi connectivity index (χ3v) is 3.38. The number of aromatic nitrogens is 1. The van der Waals surface area contributed by atoms with Crippen molar-refractivity contribution in [3.05, 3.63) is 35.2 Å². The van der Waals surface area contributed by atoms with Crippen molar-refractivity contribution in [3.8, 4) is 5.75 Å². The zero-order valence-corrected chi connectivity index (χ0v) is 12.5. The predicted molar refractivity (Wildman–Crippen MR) is 82.4 cm³/mol. The lowest BCUT2D eigenvalue weighted by Gasteiger charge is -2.12. The molecule has 0 aliphatic rings. The molecule has 2 aromatic rings. The number of ether oxygens (including phenoxy) is 1. The van der Waals surface area contributed by atoms with Crippen LogP contribution in [0.4, 0.5) is 5.69 Å². The fourth-order valence-electron chi connectivity index (χ4n) is 2.31. The second-order valence-electron chi connectivity index (χ2n) is 5.04. The number of rotatable bonds is 4. The van der Waals surface area contributed by atoms with Crippen molar-refractivity contribution in [2.24, 2.45) is 0 Å². The molecule has 0 atom stereocenters. The summed E-state index contributed by atoms with van der Waals surface area (Å²) in [5.41, 5.74) is 5.07. The van der Waals surface area contributed by atoms with Gasteiger partial charge in [-0.1, -0.05) is 0 Å². The minimum Gasteiger partial charge on any atom is -0.494 e. The van der Waals surface area contributed by atoms with Gasteiger partial charge >= 0.3 is 0 Å². The van der Waals surface area contributed by atoms with Crippen LogP contribution in [0, 0.1) is 13.8 Å². The fourth-order valence-corrected chi connectivity index (χ4v) is 2.31. The Bertz CT molecular complexity index is 696. The monoisotopic (exact) mass is 272 g/mol. The lowest BCUT2D eigenvalue weighted by atomic mass is 10.1. The lowest BCUT2D eigenvalue weighted by molar-refractivity contribution is -0.112. The highest BCUT2D eigenvalue weighted by Gasteiger charge is 2.10. The number of carbonyl (C=O) groups is 1. The van der Waals surface area contributed by atoms with Gasteiger partial charge in [-0.3, -0.25) is 4.79 Å². The summed E-state index contributed by atoms with van der Waals surface area (Å²) in [6.07, 6.45) is 1.57. The summed E-state index contributed by atoms with van der Waals surface area (Å²) in [7, 11) is 1.64. The molecule has 1 aromatic heterocycles. The summed E-state index contributed by atoms with van der Waals surface area (Å²) < 4.78 is 5.41. The summed E-state index contributed by atoms with van der Waals surface area (Å²) in [4.78, 5) is 14.5. The molecule has 0 saturated heterocycles. The Hall–Kier alpha value is -2.23. The molecule has 0 unspecified atom stereocenters. The van der Waals surface area contributed by atoms with Gasteiger partial charge in [-0.25, -0.2) is 0 Å². The van der Waals surface area contributed by atoms with Crippen molar-refractivity contribution in [1.29, 1.82) is 0 Å². The minimum atomic E-state index is 0.0173. The largest absolute Gasteiger partial charge is 0.494 e. The van der Waals surface area contributed by atoms with E-state index in [2.05, 4.69) is 24.1 Å². The van der Waals surface area contributed by atoms with Crippen LogP contribution in [-0.4, -0.2) is 17.9 Å². The van der Waals surface area contributed by atoms with E-state index in [1.165, 1.54) is 12.5 Å². The SMILES string of the molecule is COc1cc2[nH]c(C)c(C)c2cc1N/C(C)=C/C(C)=O. The van der Waals surface area contributed by atoms with Gasteiger partial charge in [-0.15, -0.1) is 0 Å². The summed E-state index contributed by atoms with van der Waals surface area (Å²) in [6.45, 7) is 7.53. The Morgan fingerprint density at radius 3 is 2.60 bits per heavy atom. The first-order chi connectivity index (χ1) is 9.42. The van der Waals surface area contributed by atoms with E-state index in [0.717, 1.165) is 33.7 Å². The topological polar surface area (TPSA) is 54.1 Å². The first kappa shape index (κ1) is 14.2. The fraction of sp³-hybridized carbons (Fsp3) is 0.312. The molecule has 0 fully saturated rings. The Morgan fingerprint density at radius 2 is 2.00 bits per heavy atom. The second-order valence-corrected chi connectivity index (χ2v) is 5.04. The molecular formula is C16H20N2O2. The highest BCUT2D eigenvalue weighted by molar-refractivity contribution is 5.91. The van der Waals surface area contributed by atoms with Crippen LogP contribution < -0.4 is 10.1 Å². The number of nitrogens with one attached hydrogen (secondary N) is 2. The van der Waals surface area contributed by atoms with E-state index in [1.807, 2.05) is 19.1 Å². The Balaban J connectivity index is 2.51. The molecule has 0 radical (unpaired) electrons. The number of fused-ring (bicyclic) bond motifs is 1. The number of aromatic amines is 1. The van der Waals surface area contributed by atoms with E-state index in [0.29, 0.717) is 0 Å². The highest BCUT2D eigenvalue weighted by Crippen LogP contribution is 2.33. The maximum Gasteiger partial charge on any atom is 0.154 e. The lowest BCUT2D eigenvalue weighted by Crippen LogP contribution is -2.00. The summed E-state index contributed by atoms with van der Waals surface area (Å²) in [5.74, 6) is 0.763. The van der Waals surface area contributed by atoms with Gasteiger partial charge < -0.3 is 15.0 Å². The van der Waals surface area contributed by atoms with Crippen molar-refractivity contribution >= 4 is 22.4 Å². The molecule has 0 aliphatic carbocycles. The molecule has 0 amide bonds. The average Bonchev–Trinajstić information content (AvgIpc) is 2.63. The molecule has 4 nitrogen and oxygen atoms in total. The van der Waals surface area contributed by atoms with Crippen LogP contribution in [0.2, 0.25) is 0 Å². The van der Waals surface area contributed by atoms with Crippen molar-refractivity contribution in [2.75, 3.05) is 12.4 Å². The van der Waals surface area contributed by atoms with Crippen molar-refractivity contribution in [2.45, 2.75) is 27.7 Å². The van der Waals surface area contributed by atoms with Gasteiger partial charge in [0.2, 0.25) is 0 Å². The Kier molecular flexibility index (Phi) is 3.84. The van der Waals surface area contributed by atoms with Gasteiger partial charge in [0, 0.05) is 28.4 Å². The molecule has 0 bridgehead atoms. The molecule has 1 heterocycles. The number of hydrogen-bond acceptors (Lipinski definition) is 3. The second kappa shape index (κ2) is 5.41. The number of ketones is 1. The Labute approximate surface area is 118 Å². The first-order valence-corrected chi connectivity index (χ1v) is 6.55. The van der Waals surface area contributed by atoms with E-state index in [4.69, 9.17) is 4.74 Å². The number of aryl methyl sites for hydroxylation is 2. The number of methoxy groups -OCH3 is 1. The number of anilines is 1. The third-order valence-electron chi connectivity index (χ3n) is 3.38. The zero-order chi connectivity index (χ0) is 14.9. The average molecular weight is 272 g/mol. The van der Waals surface area contributed by atoms with E-state index in [-0.39, 0.29) is 5.78 Å². The number of benzene rings is 1. The van der Waals surface area contributed by atoms with Crippen molar-refractivity contribution in [1.82, 2.24) is 4.98 Å². The van der Waals surface area contributed by atoms with Gasteiger partial charge in [0.15, 0.2) is 5.78 Å². The quantitative estimate of drug-likeness (QED) is 0.834. The molecule has 20 heavy (non-hydrogen) atoms. The van der Waals surface area contributed by atoms with Gasteiger partial charge in [-0.2, -0.15) is 0 Å². The summed E-state index contributed by atoms with van der Waals surface area (Å²) >= 11 is 0. The first-order valence-electron chi connectivity index (χ1n) is 6.55. The summed E-state index contributed by atoms with van der Waals surface area (Å²) in [5, 5.41) is 4.38. The molecule has 2 N–H and O–H groups in total. The number of H-pyrrole nitrogens is 1. The van der Waals surface area contributed by atoms with Crippen LogP contribution in [0.1, 0.15) is 25.1 Å². The third kappa shape index (κ3) is 2.69. The zero-order valence-electron chi connectivity index (χ0n) is 12.5. The van der Waals surface area contributed by atoms with Crippen molar-refractivity contribution < 1.29 is 9.53 Å². The molecular weight excluding hydrogens is 252 g/mol. The van der Waals surface area contributed by atoms with E-state index < -0.39 is 0 Å². The molecule has 106 valence electrons. The summed E-state index contributed by atoms with van der Waals surface area (Å²) in [6, 6.07) is 4.02. The molecule has 0 saturated carbocycles. The van der Waals surface area contributed by atoms with Crippen LogP contribution in [-0.2, 0) is 4.79 Å². The van der Waals surface area contributed by atoms with E-state index >= 15 is 0 Å². The van der Waals surface area contributed by atoms with Crippen LogP contribution in [0.3, 0.4) is 0 Å². The van der Waals surface area contributed by atoms with Gasteiger partial charge in [0.05, 0.1) is 12.8 Å². The normalized spacial score (nSPS) is 11.8. The number of hydrogen-bond donors (Lipinski definition) is 2. The van der Waals surface area contributed by atoms with Crippen molar-refractivity contribution in [3.63, 3.8) is 0 Å². The maximum absolute atomic E-state index is 11.1. The van der Waals surface area contributed by atoms with E-state index in [1.54, 1.807) is 13.2 Å². The Morgan fingerprint density at radius 1 is 1.30 bits per heavy atom. The van der Waals surface area contributed by atoms with Gasteiger partial charge in [-0.05, 0) is 45.4 Å². The van der Waals surface area contributed by atoms with Crippen LogP contribution in [0.25, 0.3) is 10.9 Å². The number of allylic oxidation sites excluding steroid dienone is 2. The van der Waals surface area contributed by atoms with Gasteiger partial charge in [0.25, 0.3) is 0 Å². The molecule has 2 rings (SSSR count). The predicted octanol–water partition coefficient (Wildman–Crippen LogP) is 3.70. The van der Waals surface area contributed by atoms with E-state index in [9.17, 15) is 4.79 Å². The van der Waals surface area contributed by atoms with Gasteiger partial charge in [0.1, 0.15) is 5.75 Å². The standard InChI is InChI=1S/C16H20N2O2/c1-9(6-10(2)19)17-15-7-13-11(3)12(4)18-14(13)8-16(15)20-5/h6-8,17-18H,1-5H3/b9-6+. The molecule has 0 aliphatic heterocycles. The number of carbonyl (C=O) groups excluding carboxylic acids is 1. The van der Waals surface area contributed by atoms with Crippen LogP contribution >= 0.6 is 0 Å². The highest BCUT2D eigenvalue weighted by atomic mass is 16.5. The smallest absolute Gasteiger partial charge is 0.154 e. The minimum absolute atomic E-state index is 0.0173. The maximum atomic E-state index is 11.1. The van der Waals surface area contributed by atoms with Crippen LogP contribution in [0.15, 0.2) is 23.9 Å². The van der Waals surface area contributed by atoms with Crippen LogP contribution in [0.5, 0.6) is 5.75 Å².